The predicted octanol–water partition coefficient (Wildman–Crippen LogP) is 1.32. The molecule has 0 saturated carbocycles. The van der Waals surface area contributed by atoms with Crippen molar-refractivity contribution in [3.05, 3.63) is 29.1 Å². The third kappa shape index (κ3) is 2.46. The largest absolute Gasteiger partial charge is 0.396 e. The molecule has 2 rings (SSSR count). The molecule has 0 bridgehead atoms. The summed E-state index contributed by atoms with van der Waals surface area (Å²) < 4.78 is 13.7. The molecule has 5 heteroatoms. The van der Waals surface area contributed by atoms with E-state index in [9.17, 15) is 9.18 Å². The molecule has 1 aromatic carbocycles. The summed E-state index contributed by atoms with van der Waals surface area (Å²) in [6, 6.07) is 3.06. The van der Waals surface area contributed by atoms with Gasteiger partial charge in [0.25, 0.3) is 5.91 Å². The topological polar surface area (TPSA) is 72.3 Å². The van der Waals surface area contributed by atoms with Crippen molar-refractivity contribution in [2.75, 3.05) is 25.9 Å². The third-order valence-corrected chi connectivity index (χ3v) is 3.61. The molecule has 1 heterocycles. The third-order valence-electron chi connectivity index (χ3n) is 3.61. The Hall–Kier alpha value is -1.62. The second-order valence-electron chi connectivity index (χ2n) is 4.91. The average molecular weight is 251 g/mol. The number of likely N-dealkylation sites (tertiary alicyclic amines) is 1. The predicted molar refractivity (Wildman–Crippen MR) is 68.8 cm³/mol. The summed E-state index contributed by atoms with van der Waals surface area (Å²) in [4.78, 5) is 13.5. The fourth-order valence-electron chi connectivity index (χ4n) is 2.42. The van der Waals surface area contributed by atoms with E-state index in [0.29, 0.717) is 0 Å². The summed E-state index contributed by atoms with van der Waals surface area (Å²) in [5, 5.41) is 0. The van der Waals surface area contributed by atoms with Crippen LogP contribution in [0.25, 0.3) is 0 Å². The highest BCUT2D eigenvalue weighted by Crippen LogP contribution is 2.30. The van der Waals surface area contributed by atoms with Gasteiger partial charge in [0.15, 0.2) is 0 Å². The van der Waals surface area contributed by atoms with Gasteiger partial charge >= 0.3 is 0 Å². The molecule has 1 aliphatic heterocycles. The van der Waals surface area contributed by atoms with Crippen molar-refractivity contribution in [1.29, 1.82) is 0 Å². The Kier molecular flexibility index (Phi) is 3.52. The minimum atomic E-state index is -0.679. The highest BCUT2D eigenvalue weighted by atomic mass is 19.1. The molecule has 1 aromatic rings. The van der Waals surface area contributed by atoms with E-state index in [1.165, 1.54) is 6.07 Å². The highest BCUT2D eigenvalue weighted by molar-refractivity contribution is 5.98. The van der Waals surface area contributed by atoms with E-state index in [1.54, 1.807) is 6.07 Å². The fraction of sp³-hybridized carbons (Fsp3) is 0.462. The summed E-state index contributed by atoms with van der Waals surface area (Å²) in [5.41, 5.74) is 11.5. The lowest BCUT2D eigenvalue weighted by atomic mass is 9.88. The number of piperidine rings is 1. The van der Waals surface area contributed by atoms with Crippen molar-refractivity contribution < 1.29 is 9.18 Å². The van der Waals surface area contributed by atoms with Gasteiger partial charge in [0.2, 0.25) is 0 Å². The van der Waals surface area contributed by atoms with Crippen LogP contribution in [0.5, 0.6) is 0 Å². The van der Waals surface area contributed by atoms with Crippen molar-refractivity contribution in [3.63, 3.8) is 0 Å². The molecule has 4 N–H and O–H groups in total. The molecular formula is C13H18FN3O. The first-order chi connectivity index (χ1) is 8.49. The van der Waals surface area contributed by atoms with Gasteiger partial charge in [-0.3, -0.25) is 4.79 Å². The smallest absolute Gasteiger partial charge is 0.250 e. The van der Waals surface area contributed by atoms with Gasteiger partial charge in [0, 0.05) is 0 Å². The van der Waals surface area contributed by atoms with Crippen LogP contribution in [0.2, 0.25) is 0 Å². The minimum Gasteiger partial charge on any atom is -0.396 e. The zero-order chi connectivity index (χ0) is 13.3. The zero-order valence-corrected chi connectivity index (χ0v) is 10.4. The van der Waals surface area contributed by atoms with Crippen LogP contribution in [0.15, 0.2) is 12.1 Å². The Morgan fingerprint density at radius 1 is 1.39 bits per heavy atom. The Bertz CT molecular complexity index is 468. The van der Waals surface area contributed by atoms with E-state index < -0.39 is 11.7 Å². The molecule has 0 radical (unpaired) electrons. The quantitative estimate of drug-likeness (QED) is 0.778. The van der Waals surface area contributed by atoms with E-state index in [1.807, 2.05) is 0 Å². The molecule has 1 aliphatic rings. The summed E-state index contributed by atoms with van der Waals surface area (Å²) in [7, 11) is 2.06. The summed E-state index contributed by atoms with van der Waals surface area (Å²) in [6.07, 6.45) is 1.91. The number of hydrogen-bond acceptors (Lipinski definition) is 3. The first-order valence-electron chi connectivity index (χ1n) is 6.06. The van der Waals surface area contributed by atoms with Crippen LogP contribution >= 0.6 is 0 Å². The van der Waals surface area contributed by atoms with Crippen LogP contribution in [0.3, 0.4) is 0 Å². The van der Waals surface area contributed by atoms with E-state index in [-0.39, 0.29) is 17.2 Å². The van der Waals surface area contributed by atoms with Crippen molar-refractivity contribution in [2.45, 2.75) is 18.8 Å². The normalized spacial score (nSPS) is 17.9. The van der Waals surface area contributed by atoms with E-state index in [2.05, 4.69) is 11.9 Å². The maximum atomic E-state index is 13.7. The lowest BCUT2D eigenvalue weighted by molar-refractivity contribution is 0.100. The number of nitrogens with two attached hydrogens (primary N) is 2. The molecule has 0 aliphatic carbocycles. The Balaban J connectivity index is 2.31. The molecule has 1 amide bonds. The SMILES string of the molecule is CN1CCC(c2cc(F)c(N)c(C(N)=O)c2)CC1. The van der Waals surface area contributed by atoms with Crippen LogP contribution in [0.1, 0.15) is 34.7 Å². The van der Waals surface area contributed by atoms with Gasteiger partial charge in [-0.1, -0.05) is 0 Å². The second-order valence-corrected chi connectivity index (χ2v) is 4.91. The molecule has 18 heavy (non-hydrogen) atoms. The molecular weight excluding hydrogens is 233 g/mol. The highest BCUT2D eigenvalue weighted by Gasteiger charge is 2.21. The number of carbonyl (C=O) groups excluding carboxylic acids is 1. The lowest BCUT2D eigenvalue weighted by Gasteiger charge is -2.29. The van der Waals surface area contributed by atoms with Gasteiger partial charge in [-0.25, -0.2) is 4.39 Å². The van der Waals surface area contributed by atoms with Gasteiger partial charge in [0.05, 0.1) is 11.3 Å². The van der Waals surface area contributed by atoms with Crippen LogP contribution in [-0.2, 0) is 0 Å². The van der Waals surface area contributed by atoms with Crippen LogP contribution in [-0.4, -0.2) is 30.9 Å². The van der Waals surface area contributed by atoms with Crippen LogP contribution in [0, 0.1) is 5.82 Å². The molecule has 98 valence electrons. The fourth-order valence-corrected chi connectivity index (χ4v) is 2.42. The maximum absolute atomic E-state index is 13.7. The van der Waals surface area contributed by atoms with E-state index >= 15 is 0 Å². The zero-order valence-electron chi connectivity index (χ0n) is 10.4. The molecule has 0 unspecified atom stereocenters. The van der Waals surface area contributed by atoms with Gasteiger partial charge in [-0.2, -0.15) is 0 Å². The molecule has 0 aromatic heterocycles. The number of rotatable bonds is 2. The Morgan fingerprint density at radius 2 is 2.00 bits per heavy atom. The number of halogens is 1. The number of primary amides is 1. The average Bonchev–Trinajstić information content (AvgIpc) is 2.33. The summed E-state index contributed by atoms with van der Waals surface area (Å²) in [5.74, 6) is -0.962. The molecule has 1 fully saturated rings. The summed E-state index contributed by atoms with van der Waals surface area (Å²) >= 11 is 0. The van der Waals surface area contributed by atoms with Crippen molar-refractivity contribution in [1.82, 2.24) is 4.90 Å². The number of nitrogen functional groups attached to an aromatic ring is 1. The van der Waals surface area contributed by atoms with Crippen LogP contribution < -0.4 is 11.5 Å². The van der Waals surface area contributed by atoms with Gasteiger partial charge in [0.1, 0.15) is 5.82 Å². The first kappa shape index (κ1) is 12.8. The molecule has 1 saturated heterocycles. The van der Waals surface area contributed by atoms with E-state index in [0.717, 1.165) is 31.5 Å². The van der Waals surface area contributed by atoms with Crippen molar-refractivity contribution in [3.8, 4) is 0 Å². The Morgan fingerprint density at radius 3 is 2.56 bits per heavy atom. The number of carbonyl (C=O) groups is 1. The number of amides is 1. The second kappa shape index (κ2) is 4.94. The van der Waals surface area contributed by atoms with Crippen LogP contribution in [0.4, 0.5) is 10.1 Å². The van der Waals surface area contributed by atoms with Crippen molar-refractivity contribution >= 4 is 11.6 Å². The number of nitrogens with zero attached hydrogens (tertiary/aromatic N) is 1. The lowest BCUT2D eigenvalue weighted by Crippen LogP contribution is -2.29. The first-order valence-corrected chi connectivity index (χ1v) is 6.06. The summed E-state index contributed by atoms with van der Waals surface area (Å²) in [6.45, 7) is 1.95. The number of hydrogen-bond donors (Lipinski definition) is 2. The van der Waals surface area contributed by atoms with E-state index in [4.69, 9.17) is 11.5 Å². The maximum Gasteiger partial charge on any atom is 0.250 e. The molecule has 4 nitrogen and oxygen atoms in total. The van der Waals surface area contributed by atoms with Gasteiger partial charge in [-0.15, -0.1) is 0 Å². The van der Waals surface area contributed by atoms with Gasteiger partial charge < -0.3 is 16.4 Å². The Labute approximate surface area is 106 Å². The molecule has 0 atom stereocenters. The monoisotopic (exact) mass is 251 g/mol. The van der Waals surface area contributed by atoms with Crippen molar-refractivity contribution in [2.24, 2.45) is 5.73 Å². The number of anilines is 1. The standard InChI is InChI=1S/C13H18FN3O/c1-17-4-2-8(3-5-17)9-6-10(13(16)18)12(15)11(14)7-9/h6-8H,2-5,15H2,1H3,(H2,16,18). The van der Waals surface area contributed by atoms with Gasteiger partial charge in [-0.05, 0) is 56.6 Å². The number of benzene rings is 1. The minimum absolute atomic E-state index is 0.0870. The molecule has 0 spiro atoms.